The summed E-state index contributed by atoms with van der Waals surface area (Å²) in [6, 6.07) is 12.1. The molecule has 0 saturated carbocycles. The van der Waals surface area contributed by atoms with E-state index in [1.54, 1.807) is 31.6 Å². The third-order valence-corrected chi connectivity index (χ3v) is 5.54. The predicted molar refractivity (Wildman–Crippen MR) is 133 cm³/mol. The van der Waals surface area contributed by atoms with Crippen LogP contribution in [-0.2, 0) is 17.9 Å². The Bertz CT molecular complexity index is 1490. The fourth-order valence-electron chi connectivity index (χ4n) is 3.54. The van der Waals surface area contributed by atoms with Crippen molar-refractivity contribution in [1.29, 1.82) is 0 Å². The van der Waals surface area contributed by atoms with E-state index in [1.165, 1.54) is 22.9 Å². The predicted octanol–water partition coefficient (Wildman–Crippen LogP) is 5.84. The quantitative estimate of drug-likeness (QED) is 0.350. The molecule has 0 fully saturated rings. The molecular formula is C26H24ClF2N3O4. The maximum Gasteiger partial charge on any atom is 0.426 e. The highest BCUT2D eigenvalue weighted by atomic mass is 35.5. The molecule has 10 heteroatoms. The maximum atomic E-state index is 13.8. The Balaban J connectivity index is 1.47. The number of nitrogens with one attached hydrogen (secondary N) is 1. The number of benzene rings is 2. The molecule has 0 radical (unpaired) electrons. The molecule has 2 aromatic carbocycles. The first-order valence-corrected chi connectivity index (χ1v) is 11.4. The summed E-state index contributed by atoms with van der Waals surface area (Å²) in [6.07, 6.45) is 2.66. The lowest BCUT2D eigenvalue weighted by Gasteiger charge is -2.20. The van der Waals surface area contributed by atoms with E-state index in [9.17, 15) is 18.4 Å². The van der Waals surface area contributed by atoms with Gasteiger partial charge < -0.3 is 14.0 Å². The van der Waals surface area contributed by atoms with Crippen molar-refractivity contribution in [3.05, 3.63) is 99.1 Å². The summed E-state index contributed by atoms with van der Waals surface area (Å²) in [7, 11) is 0. The van der Waals surface area contributed by atoms with Crippen molar-refractivity contribution in [1.82, 2.24) is 9.24 Å². The second kappa shape index (κ2) is 10.0. The number of nitrogens with zero attached hydrogens (tertiary/aromatic N) is 2. The van der Waals surface area contributed by atoms with Crippen LogP contribution in [0.15, 0.2) is 65.7 Å². The molecule has 1 N–H and O–H groups in total. The van der Waals surface area contributed by atoms with Gasteiger partial charge in [0, 0.05) is 29.4 Å². The lowest BCUT2D eigenvalue weighted by molar-refractivity contribution is 0.0614. The Hall–Kier alpha value is -3.85. The number of rotatable bonds is 6. The summed E-state index contributed by atoms with van der Waals surface area (Å²) in [5, 5.41) is 0.706. The van der Waals surface area contributed by atoms with Crippen molar-refractivity contribution in [2.45, 2.75) is 39.5 Å². The highest BCUT2D eigenvalue weighted by Gasteiger charge is 2.17. The maximum absolute atomic E-state index is 13.8. The molecule has 7 nitrogen and oxygen atoms in total. The SMILES string of the molecule is CC(C)(C)OC(=O)Nn1ccc2cc(Cn3ccc(OCc4ccc(F)cc4F)c(Cl)c3=O)ccc21. The second-order valence-electron chi connectivity index (χ2n) is 9.14. The van der Waals surface area contributed by atoms with Gasteiger partial charge in [0.25, 0.3) is 5.56 Å². The van der Waals surface area contributed by atoms with Crippen molar-refractivity contribution in [2.24, 2.45) is 0 Å². The number of halogens is 3. The average Bonchev–Trinajstić information content (AvgIpc) is 3.18. The van der Waals surface area contributed by atoms with Gasteiger partial charge in [-0.05, 0) is 62.7 Å². The molecule has 0 saturated heterocycles. The fraction of sp³-hybridized carbons (Fsp3) is 0.231. The van der Waals surface area contributed by atoms with Gasteiger partial charge >= 0.3 is 6.09 Å². The number of fused-ring (bicyclic) bond motifs is 1. The van der Waals surface area contributed by atoms with Crippen LogP contribution in [-0.4, -0.2) is 20.9 Å². The first-order chi connectivity index (χ1) is 17.0. The van der Waals surface area contributed by atoms with Gasteiger partial charge in [0.05, 0.1) is 12.1 Å². The van der Waals surface area contributed by atoms with Crippen LogP contribution < -0.4 is 15.7 Å². The van der Waals surface area contributed by atoms with Crippen molar-refractivity contribution < 1.29 is 23.0 Å². The molecule has 0 aliphatic rings. The van der Waals surface area contributed by atoms with Crippen LogP contribution in [0.1, 0.15) is 31.9 Å². The zero-order chi connectivity index (χ0) is 26.0. The zero-order valence-corrected chi connectivity index (χ0v) is 20.6. The molecule has 0 bridgehead atoms. The van der Waals surface area contributed by atoms with Crippen molar-refractivity contribution in [3.8, 4) is 5.75 Å². The van der Waals surface area contributed by atoms with Gasteiger partial charge in [0.15, 0.2) is 0 Å². The number of carbonyl (C=O) groups excluding carboxylic acids is 1. The van der Waals surface area contributed by atoms with Crippen LogP contribution in [0.4, 0.5) is 13.6 Å². The second-order valence-corrected chi connectivity index (χ2v) is 9.52. The van der Waals surface area contributed by atoms with Gasteiger partial charge in [0.1, 0.15) is 34.6 Å². The number of amides is 1. The minimum atomic E-state index is -0.745. The smallest absolute Gasteiger partial charge is 0.426 e. The number of carbonyl (C=O) groups is 1. The van der Waals surface area contributed by atoms with E-state index < -0.39 is 28.9 Å². The third kappa shape index (κ3) is 5.85. The Morgan fingerprint density at radius 1 is 1.06 bits per heavy atom. The van der Waals surface area contributed by atoms with Crippen molar-refractivity contribution in [2.75, 3.05) is 5.43 Å². The Morgan fingerprint density at radius 3 is 2.56 bits per heavy atom. The van der Waals surface area contributed by atoms with E-state index in [1.807, 2.05) is 24.3 Å². The lowest BCUT2D eigenvalue weighted by atomic mass is 10.1. The number of hydrogen-bond acceptors (Lipinski definition) is 4. The van der Waals surface area contributed by atoms with E-state index in [0.717, 1.165) is 28.6 Å². The minimum absolute atomic E-state index is 0.0994. The number of ether oxygens (including phenoxy) is 2. The number of hydrogen-bond donors (Lipinski definition) is 1. The van der Waals surface area contributed by atoms with Gasteiger partial charge in [-0.2, -0.15) is 0 Å². The van der Waals surface area contributed by atoms with Gasteiger partial charge in [-0.25, -0.2) is 19.0 Å². The number of pyridine rings is 1. The lowest BCUT2D eigenvalue weighted by Crippen LogP contribution is -2.31. The molecule has 1 amide bonds. The molecule has 0 atom stereocenters. The van der Waals surface area contributed by atoms with Crippen LogP contribution in [0, 0.1) is 11.6 Å². The first-order valence-electron chi connectivity index (χ1n) is 11.1. The average molecular weight is 516 g/mol. The summed E-state index contributed by atoms with van der Waals surface area (Å²) in [4.78, 5) is 24.9. The Labute approximate surface area is 210 Å². The highest BCUT2D eigenvalue weighted by Crippen LogP contribution is 2.23. The van der Waals surface area contributed by atoms with Crippen molar-refractivity contribution >= 4 is 28.6 Å². The number of aromatic nitrogens is 2. The molecule has 0 aliphatic carbocycles. The molecule has 36 heavy (non-hydrogen) atoms. The van der Waals surface area contributed by atoms with E-state index >= 15 is 0 Å². The van der Waals surface area contributed by atoms with Crippen LogP contribution in [0.5, 0.6) is 5.75 Å². The molecule has 0 unspecified atom stereocenters. The summed E-state index contributed by atoms with van der Waals surface area (Å²) in [6.45, 7) is 5.38. The molecule has 2 heterocycles. The van der Waals surface area contributed by atoms with E-state index in [0.29, 0.717) is 0 Å². The summed E-state index contributed by atoms with van der Waals surface area (Å²) in [5.41, 5.74) is 3.30. The monoisotopic (exact) mass is 515 g/mol. The summed E-state index contributed by atoms with van der Waals surface area (Å²) >= 11 is 6.22. The van der Waals surface area contributed by atoms with Crippen LogP contribution >= 0.6 is 11.6 Å². The van der Waals surface area contributed by atoms with Gasteiger partial charge in [-0.15, -0.1) is 0 Å². The summed E-state index contributed by atoms with van der Waals surface area (Å²) < 4.78 is 40.7. The molecule has 0 aliphatic heterocycles. The van der Waals surface area contributed by atoms with E-state index in [2.05, 4.69) is 5.43 Å². The molecule has 188 valence electrons. The van der Waals surface area contributed by atoms with Crippen LogP contribution in [0.3, 0.4) is 0 Å². The van der Waals surface area contributed by atoms with Crippen molar-refractivity contribution in [3.63, 3.8) is 0 Å². The standard InChI is InChI=1S/C26H24ClF2N3O4/c1-26(2,3)36-25(34)30-32-11-8-17-12-16(4-7-21(17)32)14-31-10-9-22(23(27)24(31)33)35-15-18-5-6-19(28)13-20(18)29/h4-13H,14-15H2,1-3H3,(H,30,34). The van der Waals surface area contributed by atoms with Gasteiger partial charge in [0.2, 0.25) is 0 Å². The molecule has 0 spiro atoms. The van der Waals surface area contributed by atoms with E-state index in [-0.39, 0.29) is 29.5 Å². The Morgan fingerprint density at radius 2 is 1.83 bits per heavy atom. The molecule has 4 rings (SSSR count). The van der Waals surface area contributed by atoms with Gasteiger partial charge in [-0.1, -0.05) is 17.7 Å². The topological polar surface area (TPSA) is 74.5 Å². The normalized spacial score (nSPS) is 11.5. The summed E-state index contributed by atoms with van der Waals surface area (Å²) in [5.74, 6) is -1.33. The van der Waals surface area contributed by atoms with Crippen LogP contribution in [0.25, 0.3) is 10.9 Å². The van der Waals surface area contributed by atoms with E-state index in [4.69, 9.17) is 21.1 Å². The van der Waals surface area contributed by atoms with Crippen LogP contribution in [0.2, 0.25) is 5.02 Å². The molecule has 4 aromatic rings. The first kappa shape index (κ1) is 25.2. The zero-order valence-electron chi connectivity index (χ0n) is 19.8. The highest BCUT2D eigenvalue weighted by molar-refractivity contribution is 6.31. The fourth-order valence-corrected chi connectivity index (χ4v) is 3.77. The third-order valence-electron chi connectivity index (χ3n) is 5.19. The largest absolute Gasteiger partial charge is 0.487 e. The Kier molecular flexibility index (Phi) is 7.03. The van der Waals surface area contributed by atoms with Gasteiger partial charge in [-0.3, -0.25) is 9.47 Å². The molecule has 2 aromatic heterocycles. The minimum Gasteiger partial charge on any atom is -0.487 e. The molecular weight excluding hydrogens is 492 g/mol.